The molecule has 2 aromatic rings. The number of fused-ring (bicyclic) bond motifs is 1. The molecule has 124 valence electrons. The zero-order valence-corrected chi connectivity index (χ0v) is 14.3. The third-order valence-electron chi connectivity index (χ3n) is 4.07. The number of nitrogens with zero attached hydrogens (tertiary/aromatic N) is 1. The summed E-state index contributed by atoms with van der Waals surface area (Å²) >= 11 is 6.11. The van der Waals surface area contributed by atoms with E-state index in [0.29, 0.717) is 22.8 Å². The highest BCUT2D eigenvalue weighted by molar-refractivity contribution is 6.31. The lowest BCUT2D eigenvalue weighted by molar-refractivity contribution is 0.0118. The van der Waals surface area contributed by atoms with Crippen molar-refractivity contribution in [1.29, 1.82) is 0 Å². The molecule has 0 spiro atoms. The van der Waals surface area contributed by atoms with Crippen LogP contribution in [-0.4, -0.2) is 28.9 Å². The van der Waals surface area contributed by atoms with Gasteiger partial charge < -0.3 is 4.74 Å². The third kappa shape index (κ3) is 2.95. The minimum absolute atomic E-state index is 0.226. The first-order chi connectivity index (χ1) is 11.4. The van der Waals surface area contributed by atoms with Gasteiger partial charge in [-0.1, -0.05) is 41.9 Å². The lowest BCUT2D eigenvalue weighted by atomic mass is 10.0. The molecule has 0 fully saturated rings. The van der Waals surface area contributed by atoms with Crippen molar-refractivity contribution < 1.29 is 14.3 Å². The minimum atomic E-state index is -0.756. The summed E-state index contributed by atoms with van der Waals surface area (Å²) < 4.78 is 5.74. The second-order valence-corrected chi connectivity index (χ2v) is 6.80. The molecule has 1 aliphatic heterocycles. The van der Waals surface area contributed by atoms with E-state index in [0.717, 1.165) is 5.56 Å². The van der Waals surface area contributed by atoms with Gasteiger partial charge in [-0.15, -0.1) is 0 Å². The summed E-state index contributed by atoms with van der Waals surface area (Å²) in [6.07, 6.45) is 0. The fraction of sp³-hybridized carbons (Fsp3) is 0.263. The number of rotatable bonds is 5. The van der Waals surface area contributed by atoms with E-state index < -0.39 is 5.54 Å². The average molecular weight is 344 g/mol. The maximum Gasteiger partial charge on any atom is 0.262 e. The Hall–Kier alpha value is -2.17. The predicted octanol–water partition coefficient (Wildman–Crippen LogP) is 3.93. The first kappa shape index (κ1) is 16.7. The first-order valence-corrected chi connectivity index (χ1v) is 8.09. The van der Waals surface area contributed by atoms with Crippen LogP contribution in [-0.2, 0) is 11.3 Å². The quantitative estimate of drug-likeness (QED) is 0.773. The van der Waals surface area contributed by atoms with Crippen LogP contribution in [0, 0.1) is 0 Å². The molecule has 5 heteroatoms. The van der Waals surface area contributed by atoms with Crippen molar-refractivity contribution in [3.05, 3.63) is 70.2 Å². The summed E-state index contributed by atoms with van der Waals surface area (Å²) in [4.78, 5) is 26.4. The Morgan fingerprint density at radius 1 is 0.958 bits per heavy atom. The van der Waals surface area contributed by atoms with Crippen molar-refractivity contribution >= 4 is 23.4 Å². The molecule has 0 bridgehead atoms. The maximum absolute atomic E-state index is 12.6. The van der Waals surface area contributed by atoms with Gasteiger partial charge in [-0.05, 0) is 37.6 Å². The Morgan fingerprint density at radius 2 is 1.50 bits per heavy atom. The Labute approximate surface area is 146 Å². The first-order valence-electron chi connectivity index (χ1n) is 7.71. The van der Waals surface area contributed by atoms with E-state index in [4.69, 9.17) is 16.3 Å². The number of halogens is 1. The van der Waals surface area contributed by atoms with Gasteiger partial charge in [0.1, 0.15) is 0 Å². The molecule has 0 N–H and O–H groups in total. The second kappa shape index (κ2) is 6.38. The Balaban J connectivity index is 1.71. The van der Waals surface area contributed by atoms with Crippen LogP contribution in [0.2, 0.25) is 5.02 Å². The predicted molar refractivity (Wildman–Crippen MR) is 92.1 cm³/mol. The van der Waals surface area contributed by atoms with Gasteiger partial charge in [0, 0.05) is 5.02 Å². The van der Waals surface area contributed by atoms with E-state index >= 15 is 0 Å². The average Bonchev–Trinajstić information content (AvgIpc) is 2.81. The number of benzene rings is 2. The largest absolute Gasteiger partial charge is 0.374 e. The molecular weight excluding hydrogens is 326 g/mol. The van der Waals surface area contributed by atoms with Gasteiger partial charge in [0.15, 0.2) is 0 Å². The molecular formula is C19H18ClNO3. The number of carbonyl (C=O) groups is 2. The van der Waals surface area contributed by atoms with E-state index in [9.17, 15) is 9.59 Å². The van der Waals surface area contributed by atoms with Crippen molar-refractivity contribution in [2.24, 2.45) is 0 Å². The number of hydrogen-bond acceptors (Lipinski definition) is 3. The van der Waals surface area contributed by atoms with Gasteiger partial charge >= 0.3 is 0 Å². The highest BCUT2D eigenvalue weighted by atomic mass is 35.5. The maximum atomic E-state index is 12.6. The Kier molecular flexibility index (Phi) is 4.43. The van der Waals surface area contributed by atoms with Crippen LogP contribution >= 0.6 is 11.6 Å². The summed E-state index contributed by atoms with van der Waals surface area (Å²) in [5.74, 6) is -0.552. The van der Waals surface area contributed by atoms with Gasteiger partial charge in [0.05, 0.1) is 29.9 Å². The summed E-state index contributed by atoms with van der Waals surface area (Å²) in [5, 5.41) is 0.635. The van der Waals surface area contributed by atoms with E-state index in [-0.39, 0.29) is 18.4 Å². The Morgan fingerprint density at radius 3 is 2.08 bits per heavy atom. The normalized spacial score (nSPS) is 14.2. The van der Waals surface area contributed by atoms with Crippen molar-refractivity contribution in [3.63, 3.8) is 0 Å². The fourth-order valence-corrected chi connectivity index (χ4v) is 3.02. The van der Waals surface area contributed by atoms with E-state index in [1.807, 2.05) is 32.0 Å². The summed E-state index contributed by atoms with van der Waals surface area (Å²) in [6.45, 7) is 4.19. The molecule has 0 aliphatic carbocycles. The molecule has 1 aliphatic rings. The van der Waals surface area contributed by atoms with E-state index in [1.54, 1.807) is 30.3 Å². The van der Waals surface area contributed by atoms with Crippen LogP contribution in [0.3, 0.4) is 0 Å². The molecule has 2 amide bonds. The van der Waals surface area contributed by atoms with Gasteiger partial charge in [-0.25, -0.2) is 0 Å². The lowest BCUT2D eigenvalue weighted by Crippen LogP contribution is -2.50. The molecule has 2 aromatic carbocycles. The van der Waals surface area contributed by atoms with E-state index in [2.05, 4.69) is 0 Å². The minimum Gasteiger partial charge on any atom is -0.374 e. The van der Waals surface area contributed by atoms with Gasteiger partial charge in [0.2, 0.25) is 0 Å². The molecule has 24 heavy (non-hydrogen) atoms. The third-order valence-corrected chi connectivity index (χ3v) is 4.44. The Bertz CT molecular complexity index is 766. The number of ether oxygens (including phenoxy) is 1. The number of amides is 2. The lowest BCUT2D eigenvalue weighted by Gasteiger charge is -2.33. The monoisotopic (exact) mass is 343 g/mol. The molecule has 0 unspecified atom stereocenters. The van der Waals surface area contributed by atoms with Gasteiger partial charge in [-0.3, -0.25) is 14.5 Å². The summed E-state index contributed by atoms with van der Waals surface area (Å²) in [7, 11) is 0. The van der Waals surface area contributed by atoms with Gasteiger partial charge in [0.25, 0.3) is 11.8 Å². The van der Waals surface area contributed by atoms with Gasteiger partial charge in [-0.2, -0.15) is 0 Å². The molecule has 3 rings (SSSR count). The SMILES string of the molecule is CC(C)(COCc1ccccc1Cl)N1C(=O)c2ccccc2C1=O. The topological polar surface area (TPSA) is 46.6 Å². The van der Waals surface area contributed by atoms with Crippen molar-refractivity contribution in [2.45, 2.75) is 26.0 Å². The number of carbonyl (C=O) groups excluding carboxylic acids is 2. The number of hydrogen-bond donors (Lipinski definition) is 0. The zero-order valence-electron chi connectivity index (χ0n) is 13.6. The highest BCUT2D eigenvalue weighted by Gasteiger charge is 2.43. The summed E-state index contributed by atoms with van der Waals surface area (Å²) in [5.41, 5.74) is 1.01. The van der Waals surface area contributed by atoms with Crippen LogP contribution in [0.5, 0.6) is 0 Å². The zero-order chi connectivity index (χ0) is 17.3. The highest BCUT2D eigenvalue weighted by Crippen LogP contribution is 2.29. The van der Waals surface area contributed by atoms with Crippen molar-refractivity contribution in [2.75, 3.05) is 6.61 Å². The number of imide groups is 1. The van der Waals surface area contributed by atoms with Crippen LogP contribution < -0.4 is 0 Å². The smallest absolute Gasteiger partial charge is 0.262 e. The van der Waals surface area contributed by atoms with Crippen LogP contribution in [0.15, 0.2) is 48.5 Å². The molecule has 0 saturated heterocycles. The molecule has 0 aromatic heterocycles. The standard InChI is InChI=1S/C19H18ClNO3/c1-19(2,12-24-11-13-7-3-6-10-16(13)20)21-17(22)14-8-4-5-9-15(14)18(21)23/h3-10H,11-12H2,1-2H3. The molecule has 1 heterocycles. The molecule has 0 radical (unpaired) electrons. The van der Waals surface area contributed by atoms with Crippen LogP contribution in [0.1, 0.15) is 40.1 Å². The van der Waals surface area contributed by atoms with Crippen LogP contribution in [0.4, 0.5) is 0 Å². The van der Waals surface area contributed by atoms with Crippen molar-refractivity contribution in [1.82, 2.24) is 4.90 Å². The second-order valence-electron chi connectivity index (χ2n) is 6.39. The molecule has 0 saturated carbocycles. The molecule has 4 nitrogen and oxygen atoms in total. The summed E-state index contributed by atoms with van der Waals surface area (Å²) in [6, 6.07) is 14.3. The van der Waals surface area contributed by atoms with Crippen LogP contribution in [0.25, 0.3) is 0 Å². The van der Waals surface area contributed by atoms with Crippen molar-refractivity contribution in [3.8, 4) is 0 Å². The fourth-order valence-electron chi connectivity index (χ4n) is 2.83. The molecule has 0 atom stereocenters. The van der Waals surface area contributed by atoms with E-state index in [1.165, 1.54) is 4.90 Å².